The Labute approximate surface area is 233 Å². The number of para-hydroxylation sites is 2. The lowest BCUT2D eigenvalue weighted by atomic mass is 10.1. The number of halogens is 3. The Bertz CT molecular complexity index is 1710. The average Bonchev–Trinajstić information content (AvgIpc) is 2.97. The van der Waals surface area contributed by atoms with Gasteiger partial charge in [0.25, 0.3) is 0 Å². The summed E-state index contributed by atoms with van der Waals surface area (Å²) < 4.78 is 55.4. The molecule has 1 aliphatic carbocycles. The highest BCUT2D eigenvalue weighted by Crippen LogP contribution is 2.33. The van der Waals surface area contributed by atoms with Crippen LogP contribution in [0.25, 0.3) is 28.1 Å². The van der Waals surface area contributed by atoms with Crippen LogP contribution in [0.2, 0.25) is 0 Å². The molecule has 3 aliphatic rings. The van der Waals surface area contributed by atoms with Crippen molar-refractivity contribution in [3.63, 3.8) is 0 Å². The summed E-state index contributed by atoms with van der Waals surface area (Å²) in [6.45, 7) is 1.28. The molecule has 210 valence electrons. The molecule has 1 aromatic heterocycles. The number of ether oxygens (including phenoxy) is 3. The second-order valence-corrected chi connectivity index (χ2v) is 9.49. The normalized spacial score (nSPS) is 14.9. The molecule has 1 N–H and O–H groups in total. The second-order valence-electron chi connectivity index (χ2n) is 9.49. The summed E-state index contributed by atoms with van der Waals surface area (Å²) in [4.78, 5) is 14.3. The van der Waals surface area contributed by atoms with Gasteiger partial charge in [0.1, 0.15) is 11.4 Å². The van der Waals surface area contributed by atoms with Crippen LogP contribution in [0.3, 0.4) is 0 Å². The van der Waals surface area contributed by atoms with E-state index in [4.69, 9.17) is 19.5 Å². The topological polar surface area (TPSA) is 82.8 Å². The summed E-state index contributed by atoms with van der Waals surface area (Å²) in [5, 5.41) is 4.13. The number of anilines is 2. The van der Waals surface area contributed by atoms with Gasteiger partial charge in [0.2, 0.25) is 5.88 Å². The third-order valence-electron chi connectivity index (χ3n) is 6.77. The smallest absolute Gasteiger partial charge is 0.480 e. The Morgan fingerprint density at radius 2 is 1.76 bits per heavy atom. The van der Waals surface area contributed by atoms with E-state index in [1.165, 1.54) is 12.1 Å². The molecule has 0 atom stereocenters. The molecule has 2 aliphatic heterocycles. The van der Waals surface area contributed by atoms with Crippen molar-refractivity contribution in [2.75, 3.05) is 25.6 Å². The Kier molecular flexibility index (Phi) is 7.19. The van der Waals surface area contributed by atoms with Gasteiger partial charge in [0.15, 0.2) is 0 Å². The van der Waals surface area contributed by atoms with E-state index in [2.05, 4.69) is 15.0 Å². The predicted molar refractivity (Wildman–Crippen MR) is 148 cm³/mol. The minimum Gasteiger partial charge on any atom is -0.480 e. The lowest BCUT2D eigenvalue weighted by Gasteiger charge is -2.22. The highest BCUT2D eigenvalue weighted by atomic mass is 19.4. The molecule has 11 heteroatoms. The molecule has 1 saturated heterocycles. The SMILES string of the molecule is COc1ncccc1Nc1cc2nc3ccccc3n(-c3ccc(OC(F)(F)F)cc3)c-2c/c1=N\C1CCOCC1. The quantitative estimate of drug-likeness (QED) is 0.247. The maximum Gasteiger partial charge on any atom is 0.573 e. The van der Waals surface area contributed by atoms with Crippen LogP contribution in [0.15, 0.2) is 84.0 Å². The van der Waals surface area contributed by atoms with Gasteiger partial charge in [-0.15, -0.1) is 13.2 Å². The highest BCUT2D eigenvalue weighted by molar-refractivity contribution is 5.84. The van der Waals surface area contributed by atoms with E-state index < -0.39 is 6.36 Å². The first-order valence-electron chi connectivity index (χ1n) is 13.1. The molecule has 2 aromatic carbocycles. The van der Waals surface area contributed by atoms with E-state index in [1.807, 2.05) is 53.1 Å². The highest BCUT2D eigenvalue weighted by Gasteiger charge is 2.31. The number of alkyl halides is 3. The van der Waals surface area contributed by atoms with Crippen LogP contribution < -0.4 is 20.1 Å². The van der Waals surface area contributed by atoms with Crippen LogP contribution in [0.5, 0.6) is 11.6 Å². The number of pyridine rings is 1. The van der Waals surface area contributed by atoms with Gasteiger partial charge in [-0.05, 0) is 73.5 Å². The molecule has 0 amide bonds. The molecule has 0 radical (unpaired) electrons. The molecule has 0 spiro atoms. The molecule has 0 saturated carbocycles. The lowest BCUT2D eigenvalue weighted by molar-refractivity contribution is -0.274. The molecule has 8 nitrogen and oxygen atoms in total. The van der Waals surface area contributed by atoms with Crippen molar-refractivity contribution < 1.29 is 27.4 Å². The number of hydrogen-bond donors (Lipinski definition) is 1. The molecule has 0 unspecified atom stereocenters. The molecule has 0 bridgehead atoms. The summed E-state index contributed by atoms with van der Waals surface area (Å²) in [5.41, 5.74) is 4.95. The minimum absolute atomic E-state index is 0.0678. The summed E-state index contributed by atoms with van der Waals surface area (Å²) >= 11 is 0. The third-order valence-corrected chi connectivity index (χ3v) is 6.77. The number of nitrogens with one attached hydrogen (secondary N) is 1. The summed E-state index contributed by atoms with van der Waals surface area (Å²) in [6.07, 6.45) is -1.53. The zero-order valence-electron chi connectivity index (χ0n) is 22.1. The van der Waals surface area contributed by atoms with Crippen molar-refractivity contribution in [3.05, 3.63) is 84.4 Å². The van der Waals surface area contributed by atoms with Crippen LogP contribution in [0.4, 0.5) is 24.5 Å². The van der Waals surface area contributed by atoms with Gasteiger partial charge in [0, 0.05) is 25.1 Å². The fraction of sp³-hybridized carbons (Fsp3) is 0.233. The van der Waals surface area contributed by atoms with Crippen molar-refractivity contribution in [2.45, 2.75) is 25.2 Å². The standard InChI is InChI=1S/C30H26F3N5O3/c1-39-29-23(6-4-14-34-29)37-24-17-26-28(18-25(24)35-19-12-15-40-16-13-19)38(27-7-3-2-5-22(27)36-26)20-8-10-21(11-9-20)41-30(31,32)33/h2-11,14,17-19,37H,12-13,15-16H2,1H3/b35-25+. The zero-order valence-corrected chi connectivity index (χ0v) is 22.1. The van der Waals surface area contributed by atoms with Crippen LogP contribution in [0, 0.1) is 0 Å². The van der Waals surface area contributed by atoms with Crippen LogP contribution in [-0.2, 0) is 4.74 Å². The molecule has 3 aromatic rings. The lowest BCUT2D eigenvalue weighted by Crippen LogP contribution is -2.23. The Balaban J connectivity index is 1.56. The van der Waals surface area contributed by atoms with Gasteiger partial charge in [-0.2, -0.15) is 0 Å². The number of hydrogen-bond acceptors (Lipinski definition) is 7. The average molecular weight is 562 g/mol. The summed E-state index contributed by atoms with van der Waals surface area (Å²) in [5.74, 6) is 0.143. The van der Waals surface area contributed by atoms with Crippen LogP contribution in [0.1, 0.15) is 12.8 Å². The van der Waals surface area contributed by atoms with Gasteiger partial charge in [-0.25, -0.2) is 9.97 Å². The predicted octanol–water partition coefficient (Wildman–Crippen LogP) is 6.26. The number of nitrogens with zero attached hydrogens (tertiary/aromatic N) is 4. The maximum atomic E-state index is 12.8. The third kappa shape index (κ3) is 5.80. The van der Waals surface area contributed by atoms with E-state index in [9.17, 15) is 13.2 Å². The number of fused-ring (bicyclic) bond motifs is 2. The van der Waals surface area contributed by atoms with Gasteiger partial charge < -0.3 is 24.1 Å². The fourth-order valence-electron chi connectivity index (χ4n) is 4.93. The van der Waals surface area contributed by atoms with Gasteiger partial charge >= 0.3 is 6.36 Å². The monoisotopic (exact) mass is 561 g/mol. The van der Waals surface area contributed by atoms with E-state index in [0.29, 0.717) is 41.5 Å². The Morgan fingerprint density at radius 1 is 0.976 bits per heavy atom. The first-order valence-corrected chi connectivity index (χ1v) is 13.1. The summed E-state index contributed by atoms with van der Waals surface area (Å²) in [7, 11) is 1.56. The van der Waals surface area contributed by atoms with Gasteiger partial charge in [-0.3, -0.25) is 4.99 Å². The Morgan fingerprint density at radius 3 is 2.51 bits per heavy atom. The molecular formula is C30H26F3N5O3. The van der Waals surface area contributed by atoms with E-state index in [1.54, 1.807) is 25.4 Å². The van der Waals surface area contributed by atoms with Crippen LogP contribution >= 0.6 is 0 Å². The van der Waals surface area contributed by atoms with Crippen molar-refractivity contribution in [1.29, 1.82) is 0 Å². The first-order chi connectivity index (χ1) is 19.9. The number of rotatable bonds is 6. The molecule has 1 fully saturated rings. The zero-order chi connectivity index (χ0) is 28.4. The number of aromatic nitrogens is 3. The van der Waals surface area contributed by atoms with E-state index in [0.717, 1.165) is 35.3 Å². The van der Waals surface area contributed by atoms with Gasteiger partial charge in [-0.1, -0.05) is 12.1 Å². The van der Waals surface area contributed by atoms with E-state index >= 15 is 0 Å². The van der Waals surface area contributed by atoms with Crippen molar-refractivity contribution in [3.8, 4) is 28.7 Å². The molecular weight excluding hydrogens is 535 g/mol. The second kappa shape index (κ2) is 11.1. The number of methoxy groups -OCH3 is 1. The van der Waals surface area contributed by atoms with E-state index in [-0.39, 0.29) is 11.8 Å². The maximum absolute atomic E-state index is 12.8. The van der Waals surface area contributed by atoms with Crippen molar-refractivity contribution in [1.82, 2.24) is 14.5 Å². The minimum atomic E-state index is -4.77. The van der Waals surface area contributed by atoms with Crippen LogP contribution in [-0.4, -0.2) is 47.3 Å². The molecule has 3 heterocycles. The summed E-state index contributed by atoms with van der Waals surface area (Å²) in [6, 6.07) is 21.0. The first kappa shape index (κ1) is 26.6. The molecule has 41 heavy (non-hydrogen) atoms. The number of benzene rings is 3. The van der Waals surface area contributed by atoms with Gasteiger partial charge in [0.05, 0.1) is 46.6 Å². The Hall–Kier alpha value is -4.64. The largest absolute Gasteiger partial charge is 0.573 e. The fourth-order valence-corrected chi connectivity index (χ4v) is 4.93. The van der Waals surface area contributed by atoms with Crippen molar-refractivity contribution >= 4 is 22.4 Å². The molecule has 6 rings (SSSR count). The van der Waals surface area contributed by atoms with Crippen molar-refractivity contribution in [2.24, 2.45) is 4.99 Å².